The molecular formula is C15H20ClF3N2O2. The molecule has 1 aliphatic rings. The zero-order valence-corrected chi connectivity index (χ0v) is 13.5. The van der Waals surface area contributed by atoms with Crippen molar-refractivity contribution in [1.82, 2.24) is 10.6 Å². The summed E-state index contributed by atoms with van der Waals surface area (Å²) in [5.74, 6) is -0.745. The average Bonchev–Trinajstić information content (AvgIpc) is 2.47. The molecule has 2 N–H and O–H groups in total. The van der Waals surface area contributed by atoms with Crippen LogP contribution in [0.3, 0.4) is 0 Å². The van der Waals surface area contributed by atoms with Crippen LogP contribution in [0.15, 0.2) is 24.3 Å². The van der Waals surface area contributed by atoms with E-state index in [1.165, 1.54) is 25.1 Å². The van der Waals surface area contributed by atoms with Crippen LogP contribution in [-0.4, -0.2) is 31.1 Å². The summed E-state index contributed by atoms with van der Waals surface area (Å²) in [7, 11) is 0. The number of benzene rings is 1. The Balaban J connectivity index is 0.00000264. The van der Waals surface area contributed by atoms with Crippen molar-refractivity contribution in [3.05, 3.63) is 29.8 Å². The maximum absolute atomic E-state index is 12.9. The summed E-state index contributed by atoms with van der Waals surface area (Å²) in [4.78, 5) is 12.0. The topological polar surface area (TPSA) is 50.4 Å². The van der Waals surface area contributed by atoms with Gasteiger partial charge in [0.1, 0.15) is 5.75 Å². The highest BCUT2D eigenvalue weighted by molar-refractivity contribution is 5.85. The molecule has 2 rings (SSSR count). The molecule has 1 amide bonds. The van der Waals surface area contributed by atoms with E-state index < -0.39 is 23.8 Å². The van der Waals surface area contributed by atoms with Crippen LogP contribution in [0.5, 0.6) is 5.75 Å². The summed E-state index contributed by atoms with van der Waals surface area (Å²) >= 11 is 0. The van der Waals surface area contributed by atoms with E-state index in [2.05, 4.69) is 10.6 Å². The summed E-state index contributed by atoms with van der Waals surface area (Å²) in [6, 6.07) is 4.87. The number of ether oxygens (including phenoxy) is 1. The standard InChI is InChI=1S/C15H19F3N2O2.ClH/c1-10(14(21)20-11-5-4-8-19-9-11)22-13-7-3-2-6-12(13)15(16,17)18;/h2-3,6-7,10-11,19H,4-5,8-9H2,1H3,(H,20,21);1H/t10?,11-;/m0./s1. The minimum absolute atomic E-state index is 0. The van der Waals surface area contributed by atoms with Crippen LogP contribution < -0.4 is 15.4 Å². The monoisotopic (exact) mass is 352 g/mol. The molecule has 0 aliphatic carbocycles. The van der Waals surface area contributed by atoms with Crippen molar-refractivity contribution in [3.8, 4) is 5.75 Å². The van der Waals surface area contributed by atoms with Gasteiger partial charge in [-0.3, -0.25) is 4.79 Å². The lowest BCUT2D eigenvalue weighted by Crippen LogP contribution is -2.49. The molecule has 1 heterocycles. The van der Waals surface area contributed by atoms with Crippen molar-refractivity contribution >= 4 is 18.3 Å². The maximum atomic E-state index is 12.9. The van der Waals surface area contributed by atoms with E-state index in [1.54, 1.807) is 0 Å². The molecule has 0 radical (unpaired) electrons. The first-order chi connectivity index (χ1) is 10.4. The van der Waals surface area contributed by atoms with Crippen molar-refractivity contribution in [2.45, 2.75) is 38.1 Å². The van der Waals surface area contributed by atoms with Crippen LogP contribution in [0, 0.1) is 0 Å². The van der Waals surface area contributed by atoms with Crippen LogP contribution in [-0.2, 0) is 11.0 Å². The number of hydrogen-bond acceptors (Lipinski definition) is 3. The molecule has 0 aromatic heterocycles. The number of carbonyl (C=O) groups excluding carboxylic acids is 1. The fourth-order valence-electron chi connectivity index (χ4n) is 2.34. The third kappa shape index (κ3) is 5.58. The van der Waals surface area contributed by atoms with E-state index in [0.29, 0.717) is 6.54 Å². The Hall–Kier alpha value is -1.47. The lowest BCUT2D eigenvalue weighted by Gasteiger charge is -2.25. The minimum Gasteiger partial charge on any atom is -0.480 e. The highest BCUT2D eigenvalue weighted by atomic mass is 35.5. The molecule has 1 fully saturated rings. The van der Waals surface area contributed by atoms with Crippen molar-refractivity contribution < 1.29 is 22.7 Å². The number of rotatable bonds is 4. The largest absolute Gasteiger partial charge is 0.480 e. The summed E-state index contributed by atoms with van der Waals surface area (Å²) in [5, 5.41) is 5.94. The quantitative estimate of drug-likeness (QED) is 0.876. The fourth-order valence-corrected chi connectivity index (χ4v) is 2.34. The molecule has 4 nitrogen and oxygen atoms in total. The third-order valence-corrected chi connectivity index (χ3v) is 3.51. The van der Waals surface area contributed by atoms with Crippen molar-refractivity contribution in [2.75, 3.05) is 13.1 Å². The van der Waals surface area contributed by atoms with Crippen LogP contribution in [0.2, 0.25) is 0 Å². The summed E-state index contributed by atoms with van der Waals surface area (Å²) in [5.41, 5.74) is -0.881. The molecule has 1 aliphatic heterocycles. The van der Waals surface area contributed by atoms with E-state index in [0.717, 1.165) is 25.5 Å². The number of amides is 1. The fraction of sp³-hybridized carbons (Fsp3) is 0.533. The Kier molecular flexibility index (Phi) is 7.15. The molecule has 0 bridgehead atoms. The second-order valence-corrected chi connectivity index (χ2v) is 5.31. The highest BCUT2D eigenvalue weighted by Gasteiger charge is 2.35. The molecule has 2 atom stereocenters. The Morgan fingerprint density at radius 1 is 1.39 bits per heavy atom. The predicted octanol–water partition coefficient (Wildman–Crippen LogP) is 2.76. The van der Waals surface area contributed by atoms with Gasteiger partial charge in [0.05, 0.1) is 5.56 Å². The van der Waals surface area contributed by atoms with Crippen molar-refractivity contribution in [1.29, 1.82) is 0 Å². The van der Waals surface area contributed by atoms with Gasteiger partial charge >= 0.3 is 6.18 Å². The van der Waals surface area contributed by atoms with Gasteiger partial charge in [0.2, 0.25) is 0 Å². The van der Waals surface area contributed by atoms with Gasteiger partial charge in [-0.1, -0.05) is 12.1 Å². The zero-order valence-electron chi connectivity index (χ0n) is 12.7. The maximum Gasteiger partial charge on any atom is 0.419 e. The zero-order chi connectivity index (χ0) is 16.2. The lowest BCUT2D eigenvalue weighted by molar-refractivity contribution is -0.140. The first-order valence-corrected chi connectivity index (χ1v) is 7.22. The Morgan fingerprint density at radius 3 is 2.70 bits per heavy atom. The number of carbonyl (C=O) groups is 1. The normalized spacial score (nSPS) is 19.4. The summed E-state index contributed by atoms with van der Waals surface area (Å²) in [6.07, 6.45) is -3.70. The number of piperidine rings is 1. The third-order valence-electron chi connectivity index (χ3n) is 3.51. The molecule has 1 aromatic carbocycles. The number of para-hydroxylation sites is 1. The number of halogens is 4. The van der Waals surface area contributed by atoms with Crippen LogP contribution >= 0.6 is 12.4 Å². The SMILES string of the molecule is CC(Oc1ccccc1C(F)(F)F)C(=O)N[C@H]1CCCNC1.Cl. The summed E-state index contributed by atoms with van der Waals surface area (Å²) < 4.78 is 43.9. The van der Waals surface area contributed by atoms with Gasteiger partial charge in [-0.2, -0.15) is 13.2 Å². The van der Waals surface area contributed by atoms with Gasteiger partial charge in [-0.15, -0.1) is 12.4 Å². The Bertz CT molecular complexity index is 520. The van der Waals surface area contributed by atoms with Gasteiger partial charge in [0.25, 0.3) is 5.91 Å². The number of hydrogen-bond donors (Lipinski definition) is 2. The van der Waals surface area contributed by atoms with Gasteiger partial charge in [-0.25, -0.2) is 0 Å². The van der Waals surface area contributed by atoms with Crippen molar-refractivity contribution in [3.63, 3.8) is 0 Å². The molecule has 23 heavy (non-hydrogen) atoms. The minimum atomic E-state index is -4.51. The molecular weight excluding hydrogens is 333 g/mol. The van der Waals surface area contributed by atoms with Gasteiger partial charge in [0, 0.05) is 12.6 Å². The van der Waals surface area contributed by atoms with E-state index in [9.17, 15) is 18.0 Å². The first-order valence-electron chi connectivity index (χ1n) is 7.22. The molecule has 1 unspecified atom stereocenters. The molecule has 0 saturated carbocycles. The molecule has 0 spiro atoms. The van der Waals surface area contributed by atoms with Gasteiger partial charge in [0.15, 0.2) is 6.10 Å². The van der Waals surface area contributed by atoms with E-state index in [4.69, 9.17) is 4.74 Å². The van der Waals surface area contributed by atoms with E-state index in [-0.39, 0.29) is 24.2 Å². The average molecular weight is 353 g/mol. The molecule has 1 aromatic rings. The van der Waals surface area contributed by atoms with Gasteiger partial charge in [-0.05, 0) is 38.4 Å². The second-order valence-electron chi connectivity index (χ2n) is 5.31. The van der Waals surface area contributed by atoms with Crippen LogP contribution in [0.4, 0.5) is 13.2 Å². The number of nitrogens with one attached hydrogen (secondary N) is 2. The number of alkyl halides is 3. The smallest absolute Gasteiger partial charge is 0.419 e. The molecule has 8 heteroatoms. The first kappa shape index (κ1) is 19.6. The van der Waals surface area contributed by atoms with E-state index in [1.807, 2.05) is 0 Å². The van der Waals surface area contributed by atoms with Crippen LogP contribution in [0.25, 0.3) is 0 Å². The van der Waals surface area contributed by atoms with Crippen molar-refractivity contribution in [2.24, 2.45) is 0 Å². The van der Waals surface area contributed by atoms with Gasteiger partial charge < -0.3 is 15.4 Å². The Labute approximate surface area is 139 Å². The second kappa shape index (κ2) is 8.40. The predicted molar refractivity (Wildman–Crippen MR) is 82.8 cm³/mol. The van der Waals surface area contributed by atoms with E-state index >= 15 is 0 Å². The molecule has 1 saturated heterocycles. The van der Waals surface area contributed by atoms with Crippen LogP contribution in [0.1, 0.15) is 25.3 Å². The molecule has 130 valence electrons. The lowest BCUT2D eigenvalue weighted by atomic mass is 10.1. The highest BCUT2D eigenvalue weighted by Crippen LogP contribution is 2.36. The Morgan fingerprint density at radius 2 is 2.09 bits per heavy atom. The summed E-state index contributed by atoms with van der Waals surface area (Å²) in [6.45, 7) is 3.02.